The molecule has 5 rings (SSSR count). The van der Waals surface area contributed by atoms with Crippen LogP contribution >= 0.6 is 15.9 Å². The van der Waals surface area contributed by atoms with Gasteiger partial charge in [-0.1, -0.05) is 64.8 Å². The highest BCUT2D eigenvalue weighted by Gasteiger charge is 2.40. The molecule has 0 spiro atoms. The van der Waals surface area contributed by atoms with Gasteiger partial charge in [0.25, 0.3) is 0 Å². The Bertz CT molecular complexity index is 832. The van der Waals surface area contributed by atoms with Gasteiger partial charge in [-0.05, 0) is 77.8 Å². The van der Waals surface area contributed by atoms with Crippen LogP contribution in [-0.2, 0) is 0 Å². The Balaban J connectivity index is 1.67. The molecule has 0 N–H and O–H groups in total. The molecule has 0 nitrogen and oxygen atoms in total. The fourth-order valence-corrected chi connectivity index (χ4v) is 5.95. The largest absolute Gasteiger partial charge is 0.0822 e. The molecule has 0 aromatic heterocycles. The van der Waals surface area contributed by atoms with E-state index in [4.69, 9.17) is 0 Å². The quantitative estimate of drug-likeness (QED) is 0.471. The summed E-state index contributed by atoms with van der Waals surface area (Å²) in [5, 5.41) is 0. The van der Waals surface area contributed by atoms with Crippen molar-refractivity contribution in [1.29, 1.82) is 0 Å². The maximum absolute atomic E-state index is 3.71. The van der Waals surface area contributed by atoms with Crippen LogP contribution in [0.3, 0.4) is 0 Å². The van der Waals surface area contributed by atoms with Crippen molar-refractivity contribution in [3.63, 3.8) is 0 Å². The summed E-state index contributed by atoms with van der Waals surface area (Å²) in [6.07, 6.45) is 8.12. The Kier molecular flexibility index (Phi) is 3.49. The number of halogens is 1. The molecule has 2 bridgehead atoms. The maximum atomic E-state index is 3.71. The van der Waals surface area contributed by atoms with E-state index in [1.54, 1.807) is 11.1 Å². The zero-order valence-corrected chi connectivity index (χ0v) is 15.7. The molecule has 1 saturated carbocycles. The normalized spacial score (nSPS) is 30.5. The molecule has 4 atom stereocenters. The van der Waals surface area contributed by atoms with Gasteiger partial charge in [-0.25, -0.2) is 0 Å². The zero-order chi connectivity index (χ0) is 16.3. The van der Waals surface area contributed by atoms with Gasteiger partial charge < -0.3 is 0 Å². The van der Waals surface area contributed by atoms with Gasteiger partial charge in [-0.3, -0.25) is 0 Å². The standard InChI is InChI=1S/C23H23Br/c1-14-10-15-6-8-18(16(11-14)12-15)23-21-5-3-2-4-19(21)20-9-7-17(24)13-22(20)23/h2-5,7,9,11,13-15,18,23H,6,8,10,12H2,1H3. The van der Waals surface area contributed by atoms with Gasteiger partial charge >= 0.3 is 0 Å². The van der Waals surface area contributed by atoms with Crippen LogP contribution in [0.4, 0.5) is 0 Å². The van der Waals surface area contributed by atoms with Gasteiger partial charge in [0, 0.05) is 10.4 Å². The van der Waals surface area contributed by atoms with Crippen LogP contribution in [0, 0.1) is 17.8 Å². The van der Waals surface area contributed by atoms with Crippen molar-refractivity contribution < 1.29 is 0 Å². The SMILES string of the molecule is CC1C=C2CC(CCC2C2c3ccccc3-c3ccc(Br)cc32)C1. The van der Waals surface area contributed by atoms with Gasteiger partial charge in [-0.2, -0.15) is 0 Å². The Morgan fingerprint density at radius 2 is 1.79 bits per heavy atom. The molecule has 1 fully saturated rings. The van der Waals surface area contributed by atoms with E-state index >= 15 is 0 Å². The first kappa shape index (κ1) is 15.0. The summed E-state index contributed by atoms with van der Waals surface area (Å²) in [6.45, 7) is 2.40. The first-order chi connectivity index (χ1) is 11.7. The van der Waals surface area contributed by atoms with Crippen LogP contribution in [0.15, 0.2) is 58.6 Å². The molecule has 122 valence electrons. The molecule has 0 radical (unpaired) electrons. The summed E-state index contributed by atoms with van der Waals surface area (Å²) in [5.74, 6) is 2.95. The highest BCUT2D eigenvalue weighted by molar-refractivity contribution is 9.10. The van der Waals surface area contributed by atoms with E-state index in [1.165, 1.54) is 46.8 Å². The summed E-state index contributed by atoms with van der Waals surface area (Å²) < 4.78 is 1.21. The van der Waals surface area contributed by atoms with E-state index in [-0.39, 0.29) is 0 Å². The number of allylic oxidation sites excluding steroid dienone is 2. The summed E-state index contributed by atoms with van der Waals surface area (Å²) in [7, 11) is 0. The van der Waals surface area contributed by atoms with E-state index in [0.29, 0.717) is 11.8 Å². The van der Waals surface area contributed by atoms with Gasteiger partial charge in [0.2, 0.25) is 0 Å². The van der Waals surface area contributed by atoms with Crippen LogP contribution in [0.25, 0.3) is 11.1 Å². The third-order valence-corrected chi connectivity index (χ3v) is 6.92. The maximum Gasteiger partial charge on any atom is 0.0178 e. The highest BCUT2D eigenvalue weighted by atomic mass is 79.9. The summed E-state index contributed by atoms with van der Waals surface area (Å²) in [5.41, 5.74) is 7.74. The van der Waals surface area contributed by atoms with Crippen molar-refractivity contribution in [1.82, 2.24) is 0 Å². The van der Waals surface area contributed by atoms with Crippen LogP contribution in [-0.4, -0.2) is 0 Å². The molecule has 1 heteroatoms. The topological polar surface area (TPSA) is 0 Å². The Morgan fingerprint density at radius 1 is 0.958 bits per heavy atom. The highest BCUT2D eigenvalue weighted by Crippen LogP contribution is 2.55. The molecular weight excluding hydrogens is 356 g/mol. The lowest BCUT2D eigenvalue weighted by Crippen LogP contribution is -2.27. The van der Waals surface area contributed by atoms with Crippen molar-refractivity contribution >= 4 is 15.9 Å². The molecular formula is C23H23Br. The van der Waals surface area contributed by atoms with E-state index in [1.807, 2.05) is 0 Å². The number of rotatable bonds is 1. The van der Waals surface area contributed by atoms with Crippen LogP contribution in [0.2, 0.25) is 0 Å². The van der Waals surface area contributed by atoms with Gasteiger partial charge in [-0.15, -0.1) is 0 Å². The molecule has 3 aliphatic rings. The molecule has 2 aromatic carbocycles. The molecule has 0 amide bonds. The molecule has 0 aliphatic heterocycles. The number of hydrogen-bond donors (Lipinski definition) is 0. The minimum Gasteiger partial charge on any atom is -0.0822 e. The average molecular weight is 379 g/mol. The second-order valence-corrected chi connectivity index (χ2v) is 8.92. The van der Waals surface area contributed by atoms with Crippen LogP contribution in [0.1, 0.15) is 49.7 Å². The number of fused-ring (bicyclic) bond motifs is 5. The molecule has 0 heterocycles. The second-order valence-electron chi connectivity index (χ2n) is 8.01. The Morgan fingerprint density at radius 3 is 2.71 bits per heavy atom. The van der Waals surface area contributed by atoms with Crippen molar-refractivity contribution in [3.8, 4) is 11.1 Å². The lowest BCUT2D eigenvalue weighted by molar-refractivity contribution is 0.276. The van der Waals surface area contributed by atoms with Gasteiger partial charge in [0.15, 0.2) is 0 Å². The first-order valence-corrected chi connectivity index (χ1v) is 10.1. The van der Waals surface area contributed by atoms with E-state index in [0.717, 1.165) is 11.8 Å². The van der Waals surface area contributed by atoms with Crippen LogP contribution in [0.5, 0.6) is 0 Å². The third kappa shape index (κ3) is 2.24. The smallest absolute Gasteiger partial charge is 0.0178 e. The Hall–Kier alpha value is -1.34. The molecule has 24 heavy (non-hydrogen) atoms. The predicted molar refractivity (Wildman–Crippen MR) is 104 cm³/mol. The zero-order valence-electron chi connectivity index (χ0n) is 14.1. The van der Waals surface area contributed by atoms with Crippen molar-refractivity contribution in [2.75, 3.05) is 0 Å². The predicted octanol–water partition coefficient (Wildman–Crippen LogP) is 6.94. The fourth-order valence-electron chi connectivity index (χ4n) is 5.57. The molecule has 0 saturated heterocycles. The molecule has 4 unspecified atom stereocenters. The van der Waals surface area contributed by atoms with E-state index in [2.05, 4.69) is 71.4 Å². The monoisotopic (exact) mass is 378 g/mol. The van der Waals surface area contributed by atoms with Crippen molar-refractivity contribution in [2.45, 2.75) is 38.5 Å². The van der Waals surface area contributed by atoms with Crippen molar-refractivity contribution in [3.05, 3.63) is 69.7 Å². The van der Waals surface area contributed by atoms with Gasteiger partial charge in [0.1, 0.15) is 0 Å². The Labute approximate surface area is 153 Å². The van der Waals surface area contributed by atoms with Crippen molar-refractivity contribution in [2.24, 2.45) is 17.8 Å². The minimum atomic E-state index is 0.547. The summed E-state index contributed by atoms with van der Waals surface area (Å²) in [6, 6.07) is 16.0. The summed E-state index contributed by atoms with van der Waals surface area (Å²) in [4.78, 5) is 0. The molecule has 2 aromatic rings. The van der Waals surface area contributed by atoms with Crippen LogP contribution < -0.4 is 0 Å². The van der Waals surface area contributed by atoms with E-state index in [9.17, 15) is 0 Å². The summed E-state index contributed by atoms with van der Waals surface area (Å²) >= 11 is 3.71. The van der Waals surface area contributed by atoms with Gasteiger partial charge in [0.05, 0.1) is 0 Å². The lowest BCUT2D eigenvalue weighted by Gasteiger charge is -2.40. The average Bonchev–Trinajstić information content (AvgIpc) is 2.88. The third-order valence-electron chi connectivity index (χ3n) is 6.43. The number of hydrogen-bond acceptors (Lipinski definition) is 0. The minimum absolute atomic E-state index is 0.547. The first-order valence-electron chi connectivity index (χ1n) is 9.30. The second kappa shape index (κ2) is 5.59. The fraction of sp³-hybridized carbons (Fsp3) is 0.391. The molecule has 3 aliphatic carbocycles. The number of benzene rings is 2. The lowest BCUT2D eigenvalue weighted by atomic mass is 9.65. The van der Waals surface area contributed by atoms with E-state index < -0.39 is 0 Å².